The van der Waals surface area contributed by atoms with Gasteiger partial charge in [-0.3, -0.25) is 4.79 Å². The van der Waals surface area contributed by atoms with Crippen LogP contribution in [0.3, 0.4) is 0 Å². The van der Waals surface area contributed by atoms with Gasteiger partial charge in [-0.15, -0.1) is 6.42 Å². The Hall–Kier alpha value is -1.01. The van der Waals surface area contributed by atoms with E-state index in [1.807, 2.05) is 6.92 Å². The van der Waals surface area contributed by atoms with Gasteiger partial charge in [0.1, 0.15) is 0 Å². The summed E-state index contributed by atoms with van der Waals surface area (Å²) in [6.45, 7) is 7.86. The highest BCUT2D eigenvalue weighted by Gasteiger charge is 2.17. The summed E-state index contributed by atoms with van der Waals surface area (Å²) in [5.74, 6) is 3.48. The summed E-state index contributed by atoms with van der Waals surface area (Å²) >= 11 is 0. The van der Waals surface area contributed by atoms with Gasteiger partial charge in [-0.25, -0.2) is 0 Å². The van der Waals surface area contributed by atoms with Crippen molar-refractivity contribution in [3.63, 3.8) is 0 Å². The minimum absolute atomic E-state index is 0.122. The molecule has 3 nitrogen and oxygen atoms in total. The van der Waals surface area contributed by atoms with Gasteiger partial charge in [0, 0.05) is 13.0 Å². The fourth-order valence-corrected chi connectivity index (χ4v) is 1.79. The van der Waals surface area contributed by atoms with E-state index in [1.54, 1.807) is 4.90 Å². The van der Waals surface area contributed by atoms with Crippen molar-refractivity contribution in [1.29, 1.82) is 0 Å². The molecule has 16 heavy (non-hydrogen) atoms. The third-order valence-electron chi connectivity index (χ3n) is 2.62. The van der Waals surface area contributed by atoms with Gasteiger partial charge in [-0.1, -0.05) is 19.8 Å². The second kappa shape index (κ2) is 8.18. The Balaban J connectivity index is 4.22. The summed E-state index contributed by atoms with van der Waals surface area (Å²) in [6.07, 6.45) is 6.73. The van der Waals surface area contributed by atoms with Crippen LogP contribution < -0.4 is 5.73 Å². The molecule has 92 valence electrons. The lowest BCUT2D eigenvalue weighted by Gasteiger charge is -2.22. The quantitative estimate of drug-likeness (QED) is 0.666. The van der Waals surface area contributed by atoms with Gasteiger partial charge < -0.3 is 10.6 Å². The first-order chi connectivity index (χ1) is 7.54. The fourth-order valence-electron chi connectivity index (χ4n) is 1.79. The minimum Gasteiger partial charge on any atom is -0.332 e. The Bertz CT molecular complexity index is 243. The molecule has 0 unspecified atom stereocenters. The topological polar surface area (TPSA) is 46.3 Å². The van der Waals surface area contributed by atoms with Gasteiger partial charge in [0.25, 0.3) is 0 Å². The Morgan fingerprint density at radius 2 is 2.12 bits per heavy atom. The minimum atomic E-state index is 0.122. The zero-order valence-corrected chi connectivity index (χ0v) is 10.7. The van der Waals surface area contributed by atoms with Crippen molar-refractivity contribution in [2.45, 2.75) is 33.6 Å². The number of carbonyl (C=O) groups excluding carboxylic acids is 1. The van der Waals surface area contributed by atoms with E-state index in [0.717, 1.165) is 6.42 Å². The maximum absolute atomic E-state index is 11.9. The SMILES string of the molecule is C#CCN(CC)C(=O)C[C@@H](CN)CC(C)C. The van der Waals surface area contributed by atoms with E-state index in [4.69, 9.17) is 12.2 Å². The van der Waals surface area contributed by atoms with Gasteiger partial charge in [-0.2, -0.15) is 0 Å². The second-order valence-corrected chi connectivity index (χ2v) is 4.55. The number of nitrogens with zero attached hydrogens (tertiary/aromatic N) is 1. The van der Waals surface area contributed by atoms with Crippen LogP contribution in [0.25, 0.3) is 0 Å². The lowest BCUT2D eigenvalue weighted by Crippen LogP contribution is -2.34. The molecule has 0 fully saturated rings. The molecule has 1 amide bonds. The summed E-state index contributed by atoms with van der Waals surface area (Å²) in [5, 5.41) is 0. The van der Waals surface area contributed by atoms with E-state index >= 15 is 0 Å². The number of hydrogen-bond donors (Lipinski definition) is 1. The molecule has 0 radical (unpaired) electrons. The van der Waals surface area contributed by atoms with Gasteiger partial charge in [0.2, 0.25) is 5.91 Å². The van der Waals surface area contributed by atoms with E-state index in [0.29, 0.717) is 32.0 Å². The number of rotatable bonds is 7. The van der Waals surface area contributed by atoms with Crippen LogP contribution in [-0.2, 0) is 4.79 Å². The highest BCUT2D eigenvalue weighted by molar-refractivity contribution is 5.76. The average Bonchev–Trinajstić information content (AvgIpc) is 2.23. The first kappa shape index (κ1) is 15.0. The Morgan fingerprint density at radius 3 is 2.50 bits per heavy atom. The average molecular weight is 224 g/mol. The van der Waals surface area contributed by atoms with Crippen molar-refractivity contribution < 1.29 is 4.79 Å². The van der Waals surface area contributed by atoms with Crippen LogP contribution >= 0.6 is 0 Å². The van der Waals surface area contributed by atoms with Crippen molar-refractivity contribution in [3.8, 4) is 12.3 Å². The Labute approximate surface area is 99.4 Å². The number of nitrogens with two attached hydrogens (primary N) is 1. The van der Waals surface area contributed by atoms with E-state index in [2.05, 4.69) is 19.8 Å². The van der Waals surface area contributed by atoms with Crippen molar-refractivity contribution in [1.82, 2.24) is 4.90 Å². The smallest absolute Gasteiger partial charge is 0.223 e. The predicted octanol–water partition coefficient (Wildman–Crippen LogP) is 1.48. The number of amides is 1. The van der Waals surface area contributed by atoms with Crippen LogP contribution in [0.1, 0.15) is 33.6 Å². The molecule has 3 heteroatoms. The molecule has 0 spiro atoms. The fraction of sp³-hybridized carbons (Fsp3) is 0.769. The van der Waals surface area contributed by atoms with Crippen LogP contribution in [0.2, 0.25) is 0 Å². The normalized spacial score (nSPS) is 12.2. The van der Waals surface area contributed by atoms with Crippen LogP contribution in [0.15, 0.2) is 0 Å². The van der Waals surface area contributed by atoms with E-state index in [9.17, 15) is 4.79 Å². The molecule has 0 bridgehead atoms. The highest BCUT2D eigenvalue weighted by Crippen LogP contribution is 2.15. The zero-order valence-electron chi connectivity index (χ0n) is 10.7. The summed E-state index contributed by atoms with van der Waals surface area (Å²) in [4.78, 5) is 13.6. The third-order valence-corrected chi connectivity index (χ3v) is 2.62. The molecule has 0 aliphatic rings. The second-order valence-electron chi connectivity index (χ2n) is 4.55. The molecule has 0 aliphatic heterocycles. The van der Waals surface area contributed by atoms with Crippen molar-refractivity contribution in [3.05, 3.63) is 0 Å². The van der Waals surface area contributed by atoms with Gasteiger partial charge in [-0.05, 0) is 31.7 Å². The van der Waals surface area contributed by atoms with Crippen molar-refractivity contribution in [2.24, 2.45) is 17.6 Å². The summed E-state index contributed by atoms with van der Waals surface area (Å²) in [6, 6.07) is 0. The van der Waals surface area contributed by atoms with Crippen molar-refractivity contribution in [2.75, 3.05) is 19.6 Å². The molecule has 0 aliphatic carbocycles. The molecule has 1 atom stereocenters. The van der Waals surface area contributed by atoms with Crippen molar-refractivity contribution >= 4 is 5.91 Å². The summed E-state index contributed by atoms with van der Waals surface area (Å²) < 4.78 is 0. The maximum Gasteiger partial charge on any atom is 0.223 e. The van der Waals surface area contributed by atoms with Crippen LogP contribution in [-0.4, -0.2) is 30.4 Å². The molecule has 0 saturated carbocycles. The van der Waals surface area contributed by atoms with E-state index < -0.39 is 0 Å². The molecule has 0 aromatic rings. The lowest BCUT2D eigenvalue weighted by atomic mass is 9.94. The van der Waals surface area contributed by atoms with E-state index in [-0.39, 0.29) is 11.8 Å². The molecular weight excluding hydrogens is 200 g/mol. The number of terminal acetylenes is 1. The monoisotopic (exact) mass is 224 g/mol. The summed E-state index contributed by atoms with van der Waals surface area (Å²) in [7, 11) is 0. The van der Waals surface area contributed by atoms with E-state index in [1.165, 1.54) is 0 Å². The predicted molar refractivity (Wildman–Crippen MR) is 67.7 cm³/mol. The third kappa shape index (κ3) is 5.77. The molecular formula is C13H24N2O. The van der Waals surface area contributed by atoms with Crippen LogP contribution in [0, 0.1) is 24.2 Å². The largest absolute Gasteiger partial charge is 0.332 e. The van der Waals surface area contributed by atoms with Gasteiger partial charge >= 0.3 is 0 Å². The Kier molecular flexibility index (Phi) is 7.66. The van der Waals surface area contributed by atoms with Gasteiger partial charge in [0.05, 0.1) is 6.54 Å². The number of carbonyl (C=O) groups is 1. The Morgan fingerprint density at radius 1 is 1.50 bits per heavy atom. The molecule has 0 aromatic carbocycles. The standard InChI is InChI=1S/C13H24N2O/c1-5-7-15(6-2)13(16)9-12(10-14)8-11(3)4/h1,11-12H,6-10,14H2,2-4H3/t12-/m0/s1. The van der Waals surface area contributed by atoms with Gasteiger partial charge in [0.15, 0.2) is 0 Å². The molecule has 0 saturated heterocycles. The first-order valence-electron chi connectivity index (χ1n) is 5.96. The molecule has 2 N–H and O–H groups in total. The summed E-state index contributed by atoms with van der Waals surface area (Å²) in [5.41, 5.74) is 5.67. The first-order valence-corrected chi connectivity index (χ1v) is 5.96. The molecule has 0 heterocycles. The molecule has 0 aromatic heterocycles. The highest BCUT2D eigenvalue weighted by atomic mass is 16.2. The number of hydrogen-bond acceptors (Lipinski definition) is 2. The van der Waals surface area contributed by atoms with Crippen LogP contribution in [0.4, 0.5) is 0 Å². The van der Waals surface area contributed by atoms with Crippen LogP contribution in [0.5, 0.6) is 0 Å². The zero-order chi connectivity index (χ0) is 12.6. The lowest BCUT2D eigenvalue weighted by molar-refractivity contribution is -0.131. The molecule has 0 rings (SSSR count). The maximum atomic E-state index is 11.9.